The minimum atomic E-state index is 0.175. The molecule has 4 nitrogen and oxygen atoms in total. The number of hydrogen-bond acceptors (Lipinski definition) is 4. The Morgan fingerprint density at radius 2 is 2.35 bits per heavy atom. The second-order valence-corrected chi connectivity index (χ2v) is 6.29. The van der Waals surface area contributed by atoms with Crippen molar-refractivity contribution in [2.24, 2.45) is 0 Å². The number of nitrogens with one attached hydrogen (secondary N) is 1. The Balaban J connectivity index is 1.74. The zero-order chi connectivity index (χ0) is 14.1. The Morgan fingerprint density at radius 1 is 1.50 bits per heavy atom. The van der Waals surface area contributed by atoms with E-state index in [0.717, 1.165) is 28.4 Å². The fourth-order valence-electron chi connectivity index (χ4n) is 2.39. The lowest BCUT2D eigenvalue weighted by atomic mass is 10.1. The first-order valence-electron chi connectivity index (χ1n) is 6.44. The third-order valence-corrected chi connectivity index (χ3v) is 4.44. The average Bonchev–Trinajstić information content (AvgIpc) is 2.98. The van der Waals surface area contributed by atoms with E-state index in [2.05, 4.69) is 10.3 Å². The lowest BCUT2D eigenvalue weighted by Gasteiger charge is -2.15. The van der Waals surface area contributed by atoms with Crippen molar-refractivity contribution in [2.45, 2.75) is 19.9 Å². The summed E-state index contributed by atoms with van der Waals surface area (Å²) >= 11 is 7.27. The van der Waals surface area contributed by atoms with Crippen LogP contribution in [-0.2, 0) is 17.8 Å². The number of fused-ring (bicyclic) bond motifs is 1. The quantitative estimate of drug-likeness (QED) is 0.942. The van der Waals surface area contributed by atoms with Crippen LogP contribution in [-0.4, -0.2) is 17.4 Å². The van der Waals surface area contributed by atoms with Gasteiger partial charge in [0.1, 0.15) is 0 Å². The van der Waals surface area contributed by atoms with Crippen molar-refractivity contribution < 1.29 is 4.79 Å². The summed E-state index contributed by atoms with van der Waals surface area (Å²) in [6.45, 7) is 3.40. The van der Waals surface area contributed by atoms with Gasteiger partial charge in [-0.2, -0.15) is 0 Å². The smallest absolute Gasteiger partial charge is 0.231 e. The molecule has 20 heavy (non-hydrogen) atoms. The number of hydrogen-bond donors (Lipinski definition) is 1. The van der Waals surface area contributed by atoms with Gasteiger partial charge in [0.2, 0.25) is 5.91 Å². The molecule has 0 fully saturated rings. The Labute approximate surface area is 126 Å². The van der Waals surface area contributed by atoms with Gasteiger partial charge in [-0.1, -0.05) is 11.6 Å². The fourth-order valence-corrected chi connectivity index (χ4v) is 3.31. The summed E-state index contributed by atoms with van der Waals surface area (Å²) in [4.78, 5) is 18.8. The Hall–Kier alpha value is -1.59. The van der Waals surface area contributed by atoms with Crippen molar-refractivity contribution in [3.63, 3.8) is 0 Å². The predicted octanol–water partition coefficient (Wildman–Crippen LogP) is 3.32. The van der Waals surface area contributed by atoms with E-state index < -0.39 is 0 Å². The molecule has 0 aliphatic carbocycles. The van der Waals surface area contributed by atoms with E-state index in [1.54, 1.807) is 6.20 Å². The van der Waals surface area contributed by atoms with Gasteiger partial charge in [0, 0.05) is 29.0 Å². The van der Waals surface area contributed by atoms with Crippen LogP contribution in [0.3, 0.4) is 0 Å². The minimum Gasteiger partial charge on any atom is -0.380 e. The van der Waals surface area contributed by atoms with E-state index in [4.69, 9.17) is 11.6 Å². The fraction of sp³-hybridized carbons (Fsp3) is 0.286. The first-order valence-corrected chi connectivity index (χ1v) is 7.64. The minimum absolute atomic E-state index is 0.175. The molecular weight excluding hydrogens is 294 g/mol. The van der Waals surface area contributed by atoms with Gasteiger partial charge in [0.25, 0.3) is 0 Å². The molecule has 3 rings (SSSR count). The lowest BCUT2D eigenvalue weighted by molar-refractivity contribution is -0.117. The molecular formula is C14H14ClN3OS. The summed E-state index contributed by atoms with van der Waals surface area (Å²) in [5.74, 6) is 0.175. The van der Waals surface area contributed by atoms with Crippen LogP contribution in [0.2, 0.25) is 4.47 Å². The monoisotopic (exact) mass is 307 g/mol. The molecule has 6 heteroatoms. The second-order valence-electron chi connectivity index (χ2n) is 4.59. The van der Waals surface area contributed by atoms with Crippen molar-refractivity contribution in [2.75, 3.05) is 16.8 Å². The van der Waals surface area contributed by atoms with E-state index >= 15 is 0 Å². The maximum atomic E-state index is 11.8. The van der Waals surface area contributed by atoms with E-state index in [1.807, 2.05) is 30.0 Å². The molecule has 0 saturated carbocycles. The zero-order valence-corrected chi connectivity index (χ0v) is 12.6. The first kappa shape index (κ1) is 13.4. The number of thiazole rings is 1. The van der Waals surface area contributed by atoms with Crippen molar-refractivity contribution in [1.29, 1.82) is 0 Å². The van der Waals surface area contributed by atoms with Crippen molar-refractivity contribution in [3.05, 3.63) is 39.3 Å². The number of anilines is 2. The van der Waals surface area contributed by atoms with Gasteiger partial charge in [-0.15, -0.1) is 11.3 Å². The molecule has 1 aromatic heterocycles. The van der Waals surface area contributed by atoms with E-state index in [0.29, 0.717) is 17.4 Å². The molecule has 0 unspecified atom stereocenters. The van der Waals surface area contributed by atoms with E-state index in [-0.39, 0.29) is 5.91 Å². The number of amides is 1. The maximum Gasteiger partial charge on any atom is 0.231 e. The number of rotatable bonds is 4. The second kappa shape index (κ2) is 5.42. The highest BCUT2D eigenvalue weighted by Crippen LogP contribution is 2.31. The standard InChI is InChI=1S/C14H14ClN3OS/c1-2-18-12-4-3-10(5-9(12)6-13(18)19)16-7-11-8-17-14(15)20-11/h3-5,8,16H,2,6-7H2,1H3. The van der Waals surface area contributed by atoms with Crippen molar-refractivity contribution in [1.82, 2.24) is 4.98 Å². The van der Waals surface area contributed by atoms with E-state index in [1.165, 1.54) is 11.3 Å². The number of benzene rings is 1. The molecule has 2 heterocycles. The normalized spacial score (nSPS) is 13.7. The number of likely N-dealkylation sites (N-methyl/N-ethyl adjacent to an activating group) is 1. The lowest BCUT2D eigenvalue weighted by Crippen LogP contribution is -2.25. The predicted molar refractivity (Wildman–Crippen MR) is 82.6 cm³/mol. The number of carbonyl (C=O) groups excluding carboxylic acids is 1. The van der Waals surface area contributed by atoms with Crippen LogP contribution >= 0.6 is 22.9 Å². The van der Waals surface area contributed by atoms with Crippen LogP contribution in [0.15, 0.2) is 24.4 Å². The van der Waals surface area contributed by atoms with Crippen LogP contribution in [0, 0.1) is 0 Å². The van der Waals surface area contributed by atoms with Crippen LogP contribution in [0.5, 0.6) is 0 Å². The summed E-state index contributed by atoms with van der Waals surface area (Å²) in [7, 11) is 0. The Bertz CT molecular complexity index is 656. The van der Waals surface area contributed by atoms with Gasteiger partial charge in [0.15, 0.2) is 4.47 Å². The average molecular weight is 308 g/mol. The van der Waals surface area contributed by atoms with Crippen LogP contribution in [0.1, 0.15) is 17.4 Å². The molecule has 1 N–H and O–H groups in total. The third-order valence-electron chi connectivity index (χ3n) is 3.32. The number of carbonyl (C=O) groups is 1. The van der Waals surface area contributed by atoms with Crippen LogP contribution in [0.4, 0.5) is 11.4 Å². The van der Waals surface area contributed by atoms with Gasteiger partial charge < -0.3 is 10.2 Å². The molecule has 0 bridgehead atoms. The summed E-state index contributed by atoms with van der Waals surface area (Å²) in [6, 6.07) is 6.06. The summed E-state index contributed by atoms with van der Waals surface area (Å²) < 4.78 is 0.555. The largest absolute Gasteiger partial charge is 0.380 e. The summed E-state index contributed by atoms with van der Waals surface area (Å²) in [5, 5.41) is 3.33. The molecule has 0 spiro atoms. The molecule has 104 valence electrons. The molecule has 1 aromatic carbocycles. The Morgan fingerprint density at radius 3 is 3.05 bits per heavy atom. The highest BCUT2D eigenvalue weighted by Gasteiger charge is 2.25. The topological polar surface area (TPSA) is 45.2 Å². The van der Waals surface area contributed by atoms with Crippen LogP contribution in [0.25, 0.3) is 0 Å². The molecule has 2 aromatic rings. The summed E-state index contributed by atoms with van der Waals surface area (Å²) in [5.41, 5.74) is 3.13. The Kier molecular flexibility index (Phi) is 3.63. The van der Waals surface area contributed by atoms with Gasteiger partial charge in [-0.25, -0.2) is 4.98 Å². The molecule has 0 atom stereocenters. The van der Waals surface area contributed by atoms with Gasteiger partial charge in [-0.3, -0.25) is 4.79 Å². The zero-order valence-electron chi connectivity index (χ0n) is 11.0. The van der Waals surface area contributed by atoms with Gasteiger partial charge in [-0.05, 0) is 30.7 Å². The molecule has 1 aliphatic heterocycles. The number of halogens is 1. The molecule has 1 aliphatic rings. The molecule has 0 saturated heterocycles. The SMILES string of the molecule is CCN1C(=O)Cc2cc(NCc3cnc(Cl)s3)ccc21. The summed E-state index contributed by atoms with van der Waals surface area (Å²) in [6.07, 6.45) is 2.26. The molecule has 1 amide bonds. The number of aromatic nitrogens is 1. The molecule has 0 radical (unpaired) electrons. The van der Waals surface area contributed by atoms with Gasteiger partial charge in [0.05, 0.1) is 13.0 Å². The van der Waals surface area contributed by atoms with Crippen LogP contribution < -0.4 is 10.2 Å². The number of nitrogens with zero attached hydrogens (tertiary/aromatic N) is 2. The van der Waals surface area contributed by atoms with Crippen molar-refractivity contribution in [3.8, 4) is 0 Å². The van der Waals surface area contributed by atoms with Gasteiger partial charge >= 0.3 is 0 Å². The van der Waals surface area contributed by atoms with E-state index in [9.17, 15) is 4.79 Å². The highest BCUT2D eigenvalue weighted by molar-refractivity contribution is 7.15. The highest BCUT2D eigenvalue weighted by atomic mass is 35.5. The first-order chi connectivity index (χ1) is 9.67. The maximum absolute atomic E-state index is 11.8. The third kappa shape index (κ3) is 2.51. The van der Waals surface area contributed by atoms with Crippen molar-refractivity contribution >= 4 is 40.2 Å².